The van der Waals surface area contributed by atoms with Crippen molar-refractivity contribution in [3.05, 3.63) is 0 Å². The molecular formula is C32H54O4. The highest BCUT2D eigenvalue weighted by Gasteiger charge is 2.27. The summed E-state index contributed by atoms with van der Waals surface area (Å²) in [5, 5.41) is 0. The van der Waals surface area contributed by atoms with E-state index >= 15 is 0 Å². The van der Waals surface area contributed by atoms with Crippen molar-refractivity contribution in [3.63, 3.8) is 0 Å². The van der Waals surface area contributed by atoms with Crippen molar-refractivity contribution in [1.82, 2.24) is 0 Å². The molecule has 0 amide bonds. The predicted molar refractivity (Wildman–Crippen MR) is 147 cm³/mol. The normalized spacial score (nSPS) is 23.2. The highest BCUT2D eigenvalue weighted by atomic mass is 16.2. The fraction of sp³-hybridized carbons (Fsp3) is 0.875. The summed E-state index contributed by atoms with van der Waals surface area (Å²) in [7, 11) is 0. The van der Waals surface area contributed by atoms with E-state index in [0.29, 0.717) is 38.5 Å². The van der Waals surface area contributed by atoms with Crippen LogP contribution in [0, 0.1) is 11.8 Å². The fourth-order valence-corrected chi connectivity index (χ4v) is 6.07. The summed E-state index contributed by atoms with van der Waals surface area (Å²) in [6, 6.07) is 0. The van der Waals surface area contributed by atoms with Gasteiger partial charge < -0.3 is 0 Å². The van der Waals surface area contributed by atoms with Crippen LogP contribution >= 0.6 is 0 Å². The number of rotatable bonds is 5. The lowest BCUT2D eigenvalue weighted by atomic mass is 9.84. The first-order valence-corrected chi connectivity index (χ1v) is 15.7. The molecule has 206 valence electrons. The number of carbonyl (C=O) groups is 4. The second-order valence-corrected chi connectivity index (χ2v) is 11.6. The van der Waals surface area contributed by atoms with Gasteiger partial charge in [-0.25, -0.2) is 0 Å². The van der Waals surface area contributed by atoms with Crippen molar-refractivity contribution in [2.75, 3.05) is 0 Å². The smallest absolute Gasteiger partial charge is 0.143 e. The van der Waals surface area contributed by atoms with E-state index in [0.717, 1.165) is 64.2 Å². The minimum atomic E-state index is -0.469. The van der Waals surface area contributed by atoms with Gasteiger partial charge in [-0.2, -0.15) is 0 Å². The van der Waals surface area contributed by atoms with Gasteiger partial charge in [0.15, 0.2) is 0 Å². The third-order valence-electron chi connectivity index (χ3n) is 8.48. The molecule has 2 aliphatic rings. The topological polar surface area (TPSA) is 68.3 Å². The van der Waals surface area contributed by atoms with Gasteiger partial charge in [-0.05, 0) is 38.5 Å². The third kappa shape index (κ3) is 13.3. The fourth-order valence-electron chi connectivity index (χ4n) is 6.07. The van der Waals surface area contributed by atoms with Gasteiger partial charge in [-0.15, -0.1) is 0 Å². The maximum atomic E-state index is 12.9. The lowest BCUT2D eigenvalue weighted by molar-refractivity contribution is -0.135. The Morgan fingerprint density at radius 3 is 0.750 bits per heavy atom. The van der Waals surface area contributed by atoms with Crippen molar-refractivity contribution in [1.29, 1.82) is 0 Å². The Balaban J connectivity index is 1.87. The Hall–Kier alpha value is -1.32. The summed E-state index contributed by atoms with van der Waals surface area (Å²) < 4.78 is 0. The van der Waals surface area contributed by atoms with Crippen LogP contribution in [0.4, 0.5) is 0 Å². The number of carbonyl (C=O) groups excluding carboxylic acids is 4. The summed E-state index contributed by atoms with van der Waals surface area (Å²) in [5.41, 5.74) is 0. The number of hydrogen-bond acceptors (Lipinski definition) is 4. The molecule has 0 saturated heterocycles. The Kier molecular flexibility index (Phi) is 16.9. The van der Waals surface area contributed by atoms with Crippen molar-refractivity contribution in [2.45, 2.75) is 167 Å². The van der Waals surface area contributed by atoms with Crippen LogP contribution in [0.5, 0.6) is 0 Å². The monoisotopic (exact) mass is 502 g/mol. The maximum Gasteiger partial charge on any atom is 0.143 e. The van der Waals surface area contributed by atoms with Gasteiger partial charge >= 0.3 is 0 Å². The van der Waals surface area contributed by atoms with E-state index in [4.69, 9.17) is 0 Å². The molecule has 0 aliphatic heterocycles. The molecule has 0 atom stereocenters. The minimum Gasteiger partial charge on any atom is -0.299 e. The molecule has 4 nitrogen and oxygen atoms in total. The lowest BCUT2D eigenvalue weighted by Gasteiger charge is -2.18. The molecule has 0 heterocycles. The molecule has 0 unspecified atom stereocenters. The molecule has 4 heteroatoms. The molecule has 2 rings (SSSR count). The van der Waals surface area contributed by atoms with E-state index in [2.05, 4.69) is 0 Å². The van der Waals surface area contributed by atoms with Gasteiger partial charge in [0.25, 0.3) is 0 Å². The summed E-state index contributed by atoms with van der Waals surface area (Å²) in [6.45, 7) is 0. The zero-order valence-corrected chi connectivity index (χ0v) is 23.2. The quantitative estimate of drug-likeness (QED) is 0.278. The average Bonchev–Trinajstić information content (AvgIpc) is 2.86. The number of unbranched alkanes of at least 4 members (excludes halogenated alkanes) is 1. The Labute approximate surface area is 221 Å². The zero-order chi connectivity index (χ0) is 25.8. The van der Waals surface area contributed by atoms with E-state index < -0.39 is 11.8 Å². The van der Waals surface area contributed by atoms with Crippen molar-refractivity contribution in [2.24, 2.45) is 11.8 Å². The second kappa shape index (κ2) is 19.7. The predicted octanol–water partition coefficient (Wildman–Crippen LogP) is 8.67. The highest BCUT2D eigenvalue weighted by molar-refractivity contribution is 6.03. The van der Waals surface area contributed by atoms with Gasteiger partial charge in [-0.3, -0.25) is 19.2 Å². The number of Topliss-reactive ketones (excluding diaryl/α,β-unsaturated/α-hetero) is 4. The van der Waals surface area contributed by atoms with Crippen LogP contribution in [0.1, 0.15) is 167 Å². The van der Waals surface area contributed by atoms with Crippen molar-refractivity contribution < 1.29 is 19.2 Å². The van der Waals surface area contributed by atoms with Gasteiger partial charge in [0, 0.05) is 25.7 Å². The first kappa shape index (κ1) is 30.9. The first-order valence-electron chi connectivity index (χ1n) is 15.7. The largest absolute Gasteiger partial charge is 0.299 e. The molecule has 0 N–H and O–H groups in total. The Morgan fingerprint density at radius 2 is 0.528 bits per heavy atom. The van der Waals surface area contributed by atoms with Gasteiger partial charge in [0.2, 0.25) is 0 Å². The standard InChI is InChI=1S/C32H54O4/c33-29-23-15-11-7-3-1-4-8-12-16-24-30(34)27(29)21-19-20-22-28-31(35)25-17-13-9-5-2-6-10-14-18-26-32(28)36/h27-28H,1-26H2. The van der Waals surface area contributed by atoms with E-state index in [1.165, 1.54) is 64.2 Å². The number of hydrogen-bond donors (Lipinski definition) is 0. The Bertz CT molecular complexity index is 549. The molecule has 2 aliphatic carbocycles. The van der Waals surface area contributed by atoms with Crippen LogP contribution < -0.4 is 0 Å². The summed E-state index contributed by atoms with van der Waals surface area (Å²) in [4.78, 5) is 51.7. The van der Waals surface area contributed by atoms with Crippen LogP contribution in [0.3, 0.4) is 0 Å². The van der Waals surface area contributed by atoms with Crippen molar-refractivity contribution >= 4 is 23.1 Å². The van der Waals surface area contributed by atoms with Crippen LogP contribution in [0.15, 0.2) is 0 Å². The average molecular weight is 503 g/mol. The van der Waals surface area contributed by atoms with Crippen molar-refractivity contribution in [3.8, 4) is 0 Å². The van der Waals surface area contributed by atoms with E-state index in [9.17, 15) is 19.2 Å². The molecule has 0 aromatic carbocycles. The molecule has 0 bridgehead atoms. The zero-order valence-electron chi connectivity index (χ0n) is 23.2. The Morgan fingerprint density at radius 1 is 0.333 bits per heavy atom. The third-order valence-corrected chi connectivity index (χ3v) is 8.48. The van der Waals surface area contributed by atoms with Gasteiger partial charge in [-0.1, -0.05) is 103 Å². The van der Waals surface area contributed by atoms with E-state index in [-0.39, 0.29) is 23.1 Å². The minimum absolute atomic E-state index is 0.127. The molecule has 2 saturated carbocycles. The summed E-state index contributed by atoms with van der Waals surface area (Å²) in [5.74, 6) is -0.430. The van der Waals surface area contributed by atoms with E-state index in [1.807, 2.05) is 0 Å². The molecular weight excluding hydrogens is 448 g/mol. The molecule has 2 fully saturated rings. The summed E-state index contributed by atoms with van der Waals surface area (Å²) >= 11 is 0. The first-order chi connectivity index (χ1) is 17.6. The van der Waals surface area contributed by atoms with Gasteiger partial charge in [0.05, 0.1) is 11.8 Å². The van der Waals surface area contributed by atoms with Crippen LogP contribution in [-0.4, -0.2) is 23.1 Å². The highest BCUT2D eigenvalue weighted by Crippen LogP contribution is 2.24. The second-order valence-electron chi connectivity index (χ2n) is 11.6. The van der Waals surface area contributed by atoms with Gasteiger partial charge in [0.1, 0.15) is 23.1 Å². The number of ketones is 4. The van der Waals surface area contributed by atoms with E-state index in [1.54, 1.807) is 0 Å². The molecule has 0 aromatic rings. The SMILES string of the molecule is O=C1CCCCCCCCCCCC(=O)C1CCCCC1C(=O)CCCCCCCCCCCC1=O. The molecule has 0 spiro atoms. The maximum absolute atomic E-state index is 12.9. The molecule has 0 aromatic heterocycles. The van der Waals surface area contributed by atoms with Crippen LogP contribution in [-0.2, 0) is 19.2 Å². The summed E-state index contributed by atoms with van der Waals surface area (Å²) in [6.07, 6.45) is 25.0. The molecule has 0 radical (unpaired) electrons. The lowest BCUT2D eigenvalue weighted by Crippen LogP contribution is -2.25. The molecule has 36 heavy (non-hydrogen) atoms. The van der Waals surface area contributed by atoms with Crippen LogP contribution in [0.2, 0.25) is 0 Å². The van der Waals surface area contributed by atoms with Crippen LogP contribution in [0.25, 0.3) is 0 Å².